The zero-order valence-electron chi connectivity index (χ0n) is 13.3. The Morgan fingerprint density at radius 3 is 2.27 bits per heavy atom. The van der Waals surface area contributed by atoms with E-state index in [0.29, 0.717) is 30.2 Å². The fraction of sp³-hybridized carbons (Fsp3) is 0.375. The highest BCUT2D eigenvalue weighted by Crippen LogP contribution is 2.25. The highest BCUT2D eigenvalue weighted by Gasteiger charge is 2.08. The lowest BCUT2D eigenvalue weighted by atomic mass is 10.2. The Kier molecular flexibility index (Phi) is 5.04. The molecular formula is C16H21N3O3. The highest BCUT2D eigenvalue weighted by molar-refractivity contribution is 5.91. The molecule has 0 radical (unpaired) electrons. The van der Waals surface area contributed by atoms with Crippen LogP contribution in [0.25, 0.3) is 0 Å². The molecule has 2 aromatic rings. The summed E-state index contributed by atoms with van der Waals surface area (Å²) < 4.78 is 12.2. The molecule has 0 aliphatic carbocycles. The van der Waals surface area contributed by atoms with Gasteiger partial charge in [0.1, 0.15) is 11.5 Å². The molecular weight excluding hydrogens is 282 g/mol. The van der Waals surface area contributed by atoms with Gasteiger partial charge >= 0.3 is 0 Å². The van der Waals surface area contributed by atoms with Gasteiger partial charge in [-0.3, -0.25) is 9.48 Å². The van der Waals surface area contributed by atoms with E-state index in [4.69, 9.17) is 9.47 Å². The van der Waals surface area contributed by atoms with Crippen molar-refractivity contribution < 1.29 is 14.3 Å². The standard InChI is InChI=1S/C16H21N3O3/c1-11-7-12(2)19(18-11)6-5-16(20)17-13-8-14(21-3)10-15(9-13)22-4/h7-10H,5-6H2,1-4H3,(H,17,20). The number of benzene rings is 1. The Labute approximate surface area is 130 Å². The summed E-state index contributed by atoms with van der Waals surface area (Å²) in [6.07, 6.45) is 0.349. The fourth-order valence-electron chi connectivity index (χ4n) is 2.21. The summed E-state index contributed by atoms with van der Waals surface area (Å²) in [6, 6.07) is 7.25. The molecule has 2 rings (SSSR count). The van der Waals surface area contributed by atoms with Crippen molar-refractivity contribution in [3.8, 4) is 11.5 Å². The number of rotatable bonds is 6. The number of hydrogen-bond donors (Lipinski definition) is 1. The van der Waals surface area contributed by atoms with Crippen molar-refractivity contribution in [1.29, 1.82) is 0 Å². The van der Waals surface area contributed by atoms with E-state index in [9.17, 15) is 4.79 Å². The summed E-state index contributed by atoms with van der Waals surface area (Å²) in [5, 5.41) is 7.19. The lowest BCUT2D eigenvalue weighted by Gasteiger charge is -2.10. The molecule has 6 heteroatoms. The topological polar surface area (TPSA) is 65.4 Å². The molecule has 118 valence electrons. The van der Waals surface area contributed by atoms with Crippen molar-refractivity contribution in [3.63, 3.8) is 0 Å². The molecule has 1 aromatic carbocycles. The van der Waals surface area contributed by atoms with E-state index in [2.05, 4.69) is 10.4 Å². The molecule has 0 aliphatic rings. The number of methoxy groups -OCH3 is 2. The van der Waals surface area contributed by atoms with Crippen LogP contribution in [-0.4, -0.2) is 29.9 Å². The van der Waals surface area contributed by atoms with Gasteiger partial charge in [0.05, 0.1) is 19.9 Å². The van der Waals surface area contributed by atoms with Crippen LogP contribution in [0.4, 0.5) is 5.69 Å². The SMILES string of the molecule is COc1cc(NC(=O)CCn2nc(C)cc2C)cc(OC)c1. The van der Waals surface area contributed by atoms with Crippen LogP contribution in [0, 0.1) is 13.8 Å². The smallest absolute Gasteiger partial charge is 0.226 e. The predicted octanol–water partition coefficient (Wildman–Crippen LogP) is 2.55. The van der Waals surface area contributed by atoms with Crippen molar-refractivity contribution in [3.05, 3.63) is 35.7 Å². The van der Waals surface area contributed by atoms with Crippen molar-refractivity contribution >= 4 is 11.6 Å². The molecule has 0 fully saturated rings. The average Bonchev–Trinajstić information content (AvgIpc) is 2.82. The van der Waals surface area contributed by atoms with Gasteiger partial charge in [-0.05, 0) is 19.9 Å². The van der Waals surface area contributed by atoms with E-state index >= 15 is 0 Å². The second-order valence-corrected chi connectivity index (χ2v) is 5.05. The first-order valence-corrected chi connectivity index (χ1v) is 7.06. The van der Waals surface area contributed by atoms with Gasteiger partial charge in [0.25, 0.3) is 0 Å². The number of hydrogen-bond acceptors (Lipinski definition) is 4. The summed E-state index contributed by atoms with van der Waals surface area (Å²) in [4.78, 5) is 12.1. The molecule has 0 spiro atoms. The van der Waals surface area contributed by atoms with Gasteiger partial charge in [-0.15, -0.1) is 0 Å². The minimum atomic E-state index is -0.0807. The molecule has 6 nitrogen and oxygen atoms in total. The Hall–Kier alpha value is -2.50. The van der Waals surface area contributed by atoms with Crippen LogP contribution in [-0.2, 0) is 11.3 Å². The summed E-state index contributed by atoms with van der Waals surface area (Å²) >= 11 is 0. The lowest BCUT2D eigenvalue weighted by molar-refractivity contribution is -0.116. The van der Waals surface area contributed by atoms with Crippen LogP contribution in [0.3, 0.4) is 0 Å². The van der Waals surface area contributed by atoms with Crippen molar-refractivity contribution in [2.75, 3.05) is 19.5 Å². The largest absolute Gasteiger partial charge is 0.497 e. The monoisotopic (exact) mass is 303 g/mol. The Bertz CT molecular complexity index is 642. The fourth-order valence-corrected chi connectivity index (χ4v) is 2.21. The van der Waals surface area contributed by atoms with Gasteiger partial charge in [-0.1, -0.05) is 0 Å². The van der Waals surface area contributed by atoms with E-state index in [1.807, 2.05) is 24.6 Å². The number of nitrogens with zero attached hydrogens (tertiary/aromatic N) is 2. The van der Waals surface area contributed by atoms with E-state index in [-0.39, 0.29) is 5.91 Å². The number of amides is 1. The molecule has 0 saturated carbocycles. The maximum Gasteiger partial charge on any atom is 0.226 e. The van der Waals surface area contributed by atoms with E-state index in [1.54, 1.807) is 32.4 Å². The number of ether oxygens (including phenoxy) is 2. The third-order valence-electron chi connectivity index (χ3n) is 3.29. The maximum atomic E-state index is 12.1. The van der Waals surface area contributed by atoms with E-state index < -0.39 is 0 Å². The number of anilines is 1. The summed E-state index contributed by atoms with van der Waals surface area (Å²) in [5.74, 6) is 1.18. The van der Waals surface area contributed by atoms with Crippen molar-refractivity contribution in [2.24, 2.45) is 0 Å². The van der Waals surface area contributed by atoms with Gasteiger partial charge in [0.2, 0.25) is 5.91 Å². The molecule has 0 unspecified atom stereocenters. The first-order valence-electron chi connectivity index (χ1n) is 7.06. The Morgan fingerprint density at radius 2 is 1.77 bits per heavy atom. The molecule has 0 bridgehead atoms. The van der Waals surface area contributed by atoms with Gasteiger partial charge in [0.15, 0.2) is 0 Å². The maximum absolute atomic E-state index is 12.1. The number of carbonyl (C=O) groups excluding carboxylic acids is 1. The van der Waals surface area contributed by atoms with E-state index in [0.717, 1.165) is 11.4 Å². The molecule has 1 amide bonds. The summed E-state index contributed by atoms with van der Waals surface area (Å²) in [6.45, 7) is 4.46. The molecule has 1 heterocycles. The number of carbonyl (C=O) groups is 1. The summed E-state index contributed by atoms with van der Waals surface area (Å²) in [7, 11) is 3.15. The predicted molar refractivity (Wildman–Crippen MR) is 84.5 cm³/mol. The van der Waals surface area contributed by atoms with E-state index in [1.165, 1.54) is 0 Å². The first kappa shape index (κ1) is 15.9. The molecule has 1 N–H and O–H groups in total. The minimum absolute atomic E-state index is 0.0807. The van der Waals surface area contributed by atoms with Crippen LogP contribution in [0.1, 0.15) is 17.8 Å². The van der Waals surface area contributed by atoms with Crippen molar-refractivity contribution in [2.45, 2.75) is 26.8 Å². The number of aromatic nitrogens is 2. The quantitative estimate of drug-likeness (QED) is 0.890. The summed E-state index contributed by atoms with van der Waals surface area (Å²) in [5.41, 5.74) is 2.65. The van der Waals surface area contributed by atoms with Crippen LogP contribution >= 0.6 is 0 Å². The van der Waals surface area contributed by atoms with Gasteiger partial charge < -0.3 is 14.8 Å². The second kappa shape index (κ2) is 6.98. The first-order chi connectivity index (χ1) is 10.5. The Morgan fingerprint density at radius 1 is 1.14 bits per heavy atom. The third-order valence-corrected chi connectivity index (χ3v) is 3.29. The van der Waals surface area contributed by atoms with Crippen LogP contribution < -0.4 is 14.8 Å². The zero-order valence-corrected chi connectivity index (χ0v) is 13.3. The molecule has 22 heavy (non-hydrogen) atoms. The van der Waals surface area contributed by atoms with Gasteiger partial charge in [0, 0.05) is 42.5 Å². The molecule has 0 atom stereocenters. The third kappa shape index (κ3) is 4.00. The number of nitrogens with one attached hydrogen (secondary N) is 1. The normalized spacial score (nSPS) is 10.4. The molecule has 0 aliphatic heterocycles. The van der Waals surface area contributed by atoms with Gasteiger partial charge in [-0.2, -0.15) is 5.10 Å². The second-order valence-electron chi connectivity index (χ2n) is 5.05. The van der Waals surface area contributed by atoms with Crippen molar-refractivity contribution in [1.82, 2.24) is 9.78 Å². The Balaban J connectivity index is 1.98. The number of aryl methyl sites for hydroxylation is 3. The van der Waals surface area contributed by atoms with Crippen LogP contribution in [0.5, 0.6) is 11.5 Å². The van der Waals surface area contributed by atoms with Gasteiger partial charge in [-0.25, -0.2) is 0 Å². The highest BCUT2D eigenvalue weighted by atomic mass is 16.5. The lowest BCUT2D eigenvalue weighted by Crippen LogP contribution is -2.15. The molecule has 1 aromatic heterocycles. The molecule has 0 saturated heterocycles. The average molecular weight is 303 g/mol. The minimum Gasteiger partial charge on any atom is -0.497 e. The zero-order chi connectivity index (χ0) is 16.1. The van der Waals surface area contributed by atoms with Crippen LogP contribution in [0.15, 0.2) is 24.3 Å². The van der Waals surface area contributed by atoms with Crippen LogP contribution in [0.2, 0.25) is 0 Å².